The number of benzene rings is 2. The zero-order valence-electron chi connectivity index (χ0n) is 14.7. The molecule has 1 unspecified atom stereocenters. The molecule has 1 saturated heterocycles. The first kappa shape index (κ1) is 18.1. The Labute approximate surface area is 157 Å². The molecular weight excluding hydrogens is 377 g/mol. The SMILES string of the molecule is CC1(c2ccc3c(c2)OCO3)NC(=O)N(Cc2cccc(C(F)(F)F)c2)C1=O. The third-order valence-corrected chi connectivity index (χ3v) is 4.82. The summed E-state index contributed by atoms with van der Waals surface area (Å²) in [7, 11) is 0. The highest BCUT2D eigenvalue weighted by Gasteiger charge is 2.49. The minimum absolute atomic E-state index is 0.0669. The van der Waals surface area contributed by atoms with Crippen LogP contribution in [-0.2, 0) is 23.1 Å². The number of carbonyl (C=O) groups excluding carboxylic acids is 2. The van der Waals surface area contributed by atoms with E-state index in [-0.39, 0.29) is 18.9 Å². The van der Waals surface area contributed by atoms with Crippen LogP contribution in [0.4, 0.5) is 18.0 Å². The van der Waals surface area contributed by atoms with Crippen LogP contribution in [0.1, 0.15) is 23.6 Å². The number of amides is 3. The van der Waals surface area contributed by atoms with Crippen molar-refractivity contribution in [3.8, 4) is 11.5 Å². The van der Waals surface area contributed by atoms with Crippen LogP contribution in [0, 0.1) is 0 Å². The van der Waals surface area contributed by atoms with Crippen molar-refractivity contribution < 1.29 is 32.2 Å². The van der Waals surface area contributed by atoms with Gasteiger partial charge in [0.2, 0.25) is 6.79 Å². The Hall–Kier alpha value is -3.23. The lowest BCUT2D eigenvalue weighted by molar-refractivity contribution is -0.137. The number of alkyl halides is 3. The summed E-state index contributed by atoms with van der Waals surface area (Å²) in [5, 5.41) is 2.62. The Balaban J connectivity index is 1.61. The van der Waals surface area contributed by atoms with Crippen LogP contribution in [0.25, 0.3) is 0 Å². The lowest BCUT2D eigenvalue weighted by Gasteiger charge is -2.22. The van der Waals surface area contributed by atoms with Crippen molar-refractivity contribution >= 4 is 11.9 Å². The Bertz CT molecular complexity index is 976. The monoisotopic (exact) mass is 392 g/mol. The molecule has 2 heterocycles. The fourth-order valence-corrected chi connectivity index (χ4v) is 3.27. The molecule has 6 nitrogen and oxygen atoms in total. The summed E-state index contributed by atoms with van der Waals surface area (Å²) in [6, 6.07) is 8.75. The van der Waals surface area contributed by atoms with Gasteiger partial charge < -0.3 is 14.8 Å². The Morgan fingerprint density at radius 2 is 1.86 bits per heavy atom. The Morgan fingerprint density at radius 1 is 1.11 bits per heavy atom. The summed E-state index contributed by atoms with van der Waals surface area (Å²) in [6.45, 7) is 1.34. The Kier molecular flexibility index (Phi) is 3.99. The van der Waals surface area contributed by atoms with E-state index in [0.29, 0.717) is 17.1 Å². The molecule has 0 saturated carbocycles. The first-order chi connectivity index (χ1) is 13.2. The van der Waals surface area contributed by atoms with Crippen molar-refractivity contribution in [2.24, 2.45) is 0 Å². The van der Waals surface area contributed by atoms with E-state index in [4.69, 9.17) is 9.47 Å². The molecular formula is C19H15F3N2O4. The highest BCUT2D eigenvalue weighted by molar-refractivity contribution is 6.07. The molecule has 2 aliphatic heterocycles. The fraction of sp³-hybridized carbons (Fsp3) is 0.263. The van der Waals surface area contributed by atoms with E-state index in [2.05, 4.69) is 5.32 Å². The molecule has 0 aliphatic carbocycles. The van der Waals surface area contributed by atoms with Gasteiger partial charge in [-0.1, -0.05) is 18.2 Å². The predicted molar refractivity (Wildman–Crippen MR) is 90.4 cm³/mol. The van der Waals surface area contributed by atoms with Gasteiger partial charge in [0.05, 0.1) is 12.1 Å². The topological polar surface area (TPSA) is 67.9 Å². The zero-order valence-corrected chi connectivity index (χ0v) is 14.7. The van der Waals surface area contributed by atoms with Crippen molar-refractivity contribution in [3.05, 3.63) is 59.2 Å². The smallest absolute Gasteiger partial charge is 0.416 e. The quantitative estimate of drug-likeness (QED) is 0.813. The summed E-state index contributed by atoms with van der Waals surface area (Å²) in [5.74, 6) is 0.427. The summed E-state index contributed by atoms with van der Waals surface area (Å²) in [5.41, 5.74) is -1.51. The van der Waals surface area contributed by atoms with Gasteiger partial charge in [0, 0.05) is 0 Å². The normalized spacial score (nSPS) is 21.2. The molecule has 28 heavy (non-hydrogen) atoms. The molecule has 0 spiro atoms. The maximum absolute atomic E-state index is 13.0. The molecule has 2 aromatic rings. The zero-order chi connectivity index (χ0) is 20.1. The van der Waals surface area contributed by atoms with Gasteiger partial charge in [0.1, 0.15) is 5.54 Å². The van der Waals surface area contributed by atoms with Gasteiger partial charge in [-0.05, 0) is 42.3 Å². The molecule has 3 amide bonds. The van der Waals surface area contributed by atoms with Crippen LogP contribution in [0.3, 0.4) is 0 Å². The molecule has 1 atom stereocenters. The second-order valence-electron chi connectivity index (χ2n) is 6.71. The van der Waals surface area contributed by atoms with Crippen molar-refractivity contribution in [1.82, 2.24) is 10.2 Å². The highest BCUT2D eigenvalue weighted by atomic mass is 19.4. The maximum Gasteiger partial charge on any atom is 0.416 e. The molecule has 0 bridgehead atoms. The molecule has 2 aromatic carbocycles. The number of fused-ring (bicyclic) bond motifs is 1. The average molecular weight is 392 g/mol. The molecule has 146 valence electrons. The molecule has 0 aromatic heterocycles. The van der Waals surface area contributed by atoms with Gasteiger partial charge in [-0.25, -0.2) is 4.79 Å². The number of urea groups is 1. The third-order valence-electron chi connectivity index (χ3n) is 4.82. The first-order valence-electron chi connectivity index (χ1n) is 8.39. The van der Waals surface area contributed by atoms with Crippen LogP contribution in [0.5, 0.6) is 11.5 Å². The lowest BCUT2D eigenvalue weighted by Crippen LogP contribution is -2.40. The van der Waals surface area contributed by atoms with Gasteiger partial charge in [0.15, 0.2) is 11.5 Å². The van der Waals surface area contributed by atoms with E-state index < -0.39 is 29.2 Å². The number of nitrogens with one attached hydrogen (secondary N) is 1. The number of hydrogen-bond donors (Lipinski definition) is 1. The predicted octanol–water partition coefficient (Wildman–Crippen LogP) is 3.40. The molecule has 9 heteroatoms. The molecule has 1 N–H and O–H groups in total. The van der Waals surface area contributed by atoms with Crippen LogP contribution in [-0.4, -0.2) is 23.6 Å². The molecule has 4 rings (SSSR count). The Morgan fingerprint density at radius 3 is 2.61 bits per heavy atom. The molecule has 1 fully saturated rings. The van der Waals surface area contributed by atoms with E-state index in [1.165, 1.54) is 19.1 Å². The van der Waals surface area contributed by atoms with Crippen LogP contribution < -0.4 is 14.8 Å². The van der Waals surface area contributed by atoms with E-state index >= 15 is 0 Å². The first-order valence-corrected chi connectivity index (χ1v) is 8.39. The standard InChI is InChI=1S/C19H15F3N2O4/c1-18(12-5-6-14-15(8-12)28-10-27-14)16(25)24(17(26)23-18)9-11-3-2-4-13(7-11)19(20,21)22/h2-8H,9-10H2,1H3,(H,23,26). The third kappa shape index (κ3) is 2.92. The summed E-state index contributed by atoms with van der Waals surface area (Å²) in [4.78, 5) is 26.3. The molecule has 0 radical (unpaired) electrons. The second-order valence-corrected chi connectivity index (χ2v) is 6.71. The minimum Gasteiger partial charge on any atom is -0.454 e. The van der Waals surface area contributed by atoms with Crippen molar-refractivity contribution in [3.63, 3.8) is 0 Å². The van der Waals surface area contributed by atoms with Crippen molar-refractivity contribution in [2.45, 2.75) is 25.2 Å². The van der Waals surface area contributed by atoms with E-state index in [9.17, 15) is 22.8 Å². The summed E-state index contributed by atoms with van der Waals surface area (Å²) >= 11 is 0. The van der Waals surface area contributed by atoms with Gasteiger partial charge in [-0.3, -0.25) is 9.69 Å². The van der Waals surface area contributed by atoms with E-state index in [1.54, 1.807) is 18.2 Å². The van der Waals surface area contributed by atoms with Crippen LogP contribution >= 0.6 is 0 Å². The second kappa shape index (κ2) is 6.15. The van der Waals surface area contributed by atoms with Crippen molar-refractivity contribution in [1.29, 1.82) is 0 Å². The van der Waals surface area contributed by atoms with Gasteiger partial charge in [0.25, 0.3) is 5.91 Å². The number of hydrogen-bond acceptors (Lipinski definition) is 4. The van der Waals surface area contributed by atoms with Crippen molar-refractivity contribution in [2.75, 3.05) is 6.79 Å². The van der Waals surface area contributed by atoms with E-state index in [1.807, 2.05) is 0 Å². The largest absolute Gasteiger partial charge is 0.454 e. The van der Waals surface area contributed by atoms with Crippen LogP contribution in [0.15, 0.2) is 42.5 Å². The summed E-state index contributed by atoms with van der Waals surface area (Å²) < 4.78 is 49.3. The number of nitrogens with zero attached hydrogens (tertiary/aromatic N) is 1. The maximum atomic E-state index is 13.0. The number of rotatable bonds is 3. The van der Waals surface area contributed by atoms with Gasteiger partial charge in [-0.15, -0.1) is 0 Å². The fourth-order valence-electron chi connectivity index (χ4n) is 3.27. The number of imide groups is 1. The number of halogens is 3. The van der Waals surface area contributed by atoms with Crippen LogP contribution in [0.2, 0.25) is 0 Å². The van der Waals surface area contributed by atoms with Gasteiger partial charge in [-0.2, -0.15) is 13.2 Å². The lowest BCUT2D eigenvalue weighted by atomic mass is 9.91. The molecule has 2 aliphatic rings. The number of ether oxygens (including phenoxy) is 2. The minimum atomic E-state index is -4.51. The highest BCUT2D eigenvalue weighted by Crippen LogP contribution is 2.38. The summed E-state index contributed by atoms with van der Waals surface area (Å²) in [6.07, 6.45) is -4.51. The average Bonchev–Trinajstić information content (AvgIpc) is 3.20. The van der Waals surface area contributed by atoms with Gasteiger partial charge >= 0.3 is 12.2 Å². The number of carbonyl (C=O) groups is 2. The van der Waals surface area contributed by atoms with E-state index in [0.717, 1.165) is 17.0 Å².